The molecule has 0 radical (unpaired) electrons. The maximum atomic E-state index is 12.8. The first-order valence-corrected chi connectivity index (χ1v) is 10.4. The molecular formula is C18H21NO4S2. The summed E-state index contributed by atoms with van der Waals surface area (Å²) in [5.74, 6) is -0.421. The number of ether oxygens (including phenoxy) is 1. The van der Waals surface area contributed by atoms with Crippen molar-refractivity contribution >= 4 is 33.4 Å². The summed E-state index contributed by atoms with van der Waals surface area (Å²) in [6.07, 6.45) is 1.93. The molecule has 0 aliphatic rings. The minimum Gasteiger partial charge on any atom is -0.462 e. The van der Waals surface area contributed by atoms with Gasteiger partial charge >= 0.3 is 5.97 Å². The molecule has 0 unspecified atom stereocenters. The molecule has 0 amide bonds. The molecule has 0 aliphatic heterocycles. The highest BCUT2D eigenvalue weighted by molar-refractivity contribution is 7.98. The molecule has 0 fully saturated rings. The van der Waals surface area contributed by atoms with Crippen LogP contribution in [0.15, 0.2) is 52.3 Å². The van der Waals surface area contributed by atoms with Crippen molar-refractivity contribution in [1.29, 1.82) is 0 Å². The number of carbonyl (C=O) groups excluding carboxylic acids is 1. The van der Waals surface area contributed by atoms with E-state index in [4.69, 9.17) is 4.74 Å². The third kappa shape index (κ3) is 4.16. The smallest absolute Gasteiger partial charge is 0.338 e. The highest BCUT2D eigenvalue weighted by atomic mass is 32.2. The van der Waals surface area contributed by atoms with Crippen molar-refractivity contribution in [3.05, 3.63) is 53.6 Å². The van der Waals surface area contributed by atoms with Crippen molar-refractivity contribution in [1.82, 2.24) is 0 Å². The van der Waals surface area contributed by atoms with E-state index in [-0.39, 0.29) is 4.90 Å². The van der Waals surface area contributed by atoms with Gasteiger partial charge < -0.3 is 4.74 Å². The molecule has 2 aromatic carbocycles. The molecule has 0 spiro atoms. The molecule has 5 nitrogen and oxygen atoms in total. The first-order valence-electron chi connectivity index (χ1n) is 7.72. The van der Waals surface area contributed by atoms with Gasteiger partial charge in [-0.05, 0) is 68.1 Å². The molecule has 0 N–H and O–H groups in total. The van der Waals surface area contributed by atoms with Crippen LogP contribution < -0.4 is 4.31 Å². The monoisotopic (exact) mass is 379 g/mol. The summed E-state index contributed by atoms with van der Waals surface area (Å²) in [5.41, 5.74) is 1.59. The molecule has 0 bridgehead atoms. The van der Waals surface area contributed by atoms with E-state index in [9.17, 15) is 13.2 Å². The zero-order valence-electron chi connectivity index (χ0n) is 14.6. The normalized spacial score (nSPS) is 11.2. The maximum absolute atomic E-state index is 12.8. The fourth-order valence-electron chi connectivity index (χ4n) is 2.39. The molecule has 0 saturated carbocycles. The number of esters is 1. The average molecular weight is 380 g/mol. The predicted molar refractivity (Wildman–Crippen MR) is 101 cm³/mol. The van der Waals surface area contributed by atoms with Gasteiger partial charge in [-0.2, -0.15) is 0 Å². The lowest BCUT2D eigenvalue weighted by atomic mass is 10.1. The molecule has 7 heteroatoms. The van der Waals surface area contributed by atoms with E-state index < -0.39 is 16.0 Å². The van der Waals surface area contributed by atoms with Crippen LogP contribution >= 0.6 is 11.8 Å². The maximum Gasteiger partial charge on any atom is 0.338 e. The van der Waals surface area contributed by atoms with E-state index in [1.807, 2.05) is 6.26 Å². The lowest BCUT2D eigenvalue weighted by Crippen LogP contribution is -2.27. The number of anilines is 1. The number of aryl methyl sites for hydroxylation is 1. The zero-order valence-corrected chi connectivity index (χ0v) is 16.3. The Bertz CT molecular complexity index is 861. The highest BCUT2D eigenvalue weighted by Gasteiger charge is 2.23. The van der Waals surface area contributed by atoms with Gasteiger partial charge in [-0.3, -0.25) is 4.31 Å². The summed E-state index contributed by atoms with van der Waals surface area (Å²) in [7, 11) is -2.17. The largest absolute Gasteiger partial charge is 0.462 e. The molecule has 0 aromatic heterocycles. The predicted octanol–water partition coefficient (Wildman–Crippen LogP) is 3.72. The van der Waals surface area contributed by atoms with Crippen LogP contribution in [0.4, 0.5) is 5.69 Å². The van der Waals surface area contributed by atoms with Crippen molar-refractivity contribution in [2.75, 3.05) is 24.2 Å². The van der Waals surface area contributed by atoms with Gasteiger partial charge in [-0.1, -0.05) is 0 Å². The van der Waals surface area contributed by atoms with Crippen LogP contribution in [0, 0.1) is 6.92 Å². The Balaban J connectivity index is 2.35. The summed E-state index contributed by atoms with van der Waals surface area (Å²) in [6, 6.07) is 11.6. The lowest BCUT2D eigenvalue weighted by molar-refractivity contribution is 0.0526. The van der Waals surface area contributed by atoms with Crippen molar-refractivity contribution < 1.29 is 17.9 Å². The van der Waals surface area contributed by atoms with Crippen molar-refractivity contribution in [3.63, 3.8) is 0 Å². The molecule has 25 heavy (non-hydrogen) atoms. The zero-order chi connectivity index (χ0) is 18.6. The Morgan fingerprint density at radius 1 is 1.16 bits per heavy atom. The van der Waals surface area contributed by atoms with Crippen LogP contribution in [-0.2, 0) is 14.8 Å². The number of hydrogen-bond donors (Lipinski definition) is 0. The van der Waals surface area contributed by atoms with E-state index in [2.05, 4.69) is 0 Å². The molecule has 2 rings (SSSR count). The summed E-state index contributed by atoms with van der Waals surface area (Å²) in [4.78, 5) is 13.0. The topological polar surface area (TPSA) is 63.7 Å². The van der Waals surface area contributed by atoms with E-state index in [0.717, 1.165) is 4.90 Å². The molecule has 0 saturated heterocycles. The first-order chi connectivity index (χ1) is 11.8. The lowest BCUT2D eigenvalue weighted by Gasteiger charge is -2.22. The third-order valence-electron chi connectivity index (χ3n) is 3.77. The Kier molecular flexibility index (Phi) is 6.13. The second kappa shape index (κ2) is 7.93. The third-order valence-corrected chi connectivity index (χ3v) is 6.29. The van der Waals surface area contributed by atoms with Crippen LogP contribution in [0.3, 0.4) is 0 Å². The molecule has 0 atom stereocenters. The molecule has 0 aliphatic carbocycles. The van der Waals surface area contributed by atoms with E-state index in [1.54, 1.807) is 68.1 Å². The Morgan fingerprint density at radius 3 is 2.32 bits per heavy atom. The number of nitrogens with zero attached hydrogens (tertiary/aromatic N) is 1. The molecular weight excluding hydrogens is 358 g/mol. The minimum atomic E-state index is -3.67. The van der Waals surface area contributed by atoms with Crippen LogP contribution in [0.1, 0.15) is 22.8 Å². The number of sulfonamides is 1. The van der Waals surface area contributed by atoms with Crippen LogP contribution in [0.25, 0.3) is 0 Å². The van der Waals surface area contributed by atoms with Gasteiger partial charge in [0.25, 0.3) is 10.0 Å². The summed E-state index contributed by atoms with van der Waals surface area (Å²) >= 11 is 1.55. The van der Waals surface area contributed by atoms with Gasteiger partial charge in [0.15, 0.2) is 0 Å². The fraction of sp³-hybridized carbons (Fsp3) is 0.278. The van der Waals surface area contributed by atoms with Gasteiger partial charge in [0.2, 0.25) is 0 Å². The van der Waals surface area contributed by atoms with Crippen molar-refractivity contribution in [2.45, 2.75) is 23.6 Å². The summed E-state index contributed by atoms with van der Waals surface area (Å²) < 4.78 is 31.9. The number of thioether (sulfide) groups is 1. The SMILES string of the molecule is CCOC(=O)c1ccc(N(C)S(=O)(=O)c2ccc(SC)cc2)c(C)c1. The fourth-order valence-corrected chi connectivity index (χ4v) is 4.05. The van der Waals surface area contributed by atoms with Crippen LogP contribution in [0.5, 0.6) is 0 Å². The number of rotatable bonds is 6. The number of hydrogen-bond acceptors (Lipinski definition) is 5. The molecule has 134 valence electrons. The molecule has 2 aromatic rings. The second-order valence-corrected chi connectivity index (χ2v) is 8.22. The summed E-state index contributed by atoms with van der Waals surface area (Å²) in [6.45, 7) is 3.79. The number of benzene rings is 2. The van der Waals surface area contributed by atoms with Gasteiger partial charge in [-0.25, -0.2) is 13.2 Å². The van der Waals surface area contributed by atoms with Crippen molar-refractivity contribution in [2.24, 2.45) is 0 Å². The Hall–Kier alpha value is -1.99. The van der Waals surface area contributed by atoms with E-state index in [1.165, 1.54) is 11.4 Å². The molecule has 0 heterocycles. The number of carbonyl (C=O) groups is 1. The van der Waals surface area contributed by atoms with Gasteiger partial charge in [-0.15, -0.1) is 11.8 Å². The van der Waals surface area contributed by atoms with Crippen LogP contribution in [0.2, 0.25) is 0 Å². The first kappa shape index (κ1) is 19.3. The quantitative estimate of drug-likeness (QED) is 0.565. The minimum absolute atomic E-state index is 0.224. The van der Waals surface area contributed by atoms with Crippen molar-refractivity contribution in [3.8, 4) is 0 Å². The van der Waals surface area contributed by atoms with E-state index in [0.29, 0.717) is 23.4 Å². The van der Waals surface area contributed by atoms with Gasteiger partial charge in [0.1, 0.15) is 0 Å². The second-order valence-electron chi connectivity index (χ2n) is 5.37. The standard InChI is InChI=1S/C18H21NO4S2/c1-5-23-18(20)14-6-11-17(13(2)12-14)19(3)25(21,22)16-9-7-15(24-4)8-10-16/h6-12H,5H2,1-4H3. The highest BCUT2D eigenvalue weighted by Crippen LogP contribution is 2.27. The van der Waals surface area contributed by atoms with Crippen LogP contribution in [-0.4, -0.2) is 34.3 Å². The average Bonchev–Trinajstić information content (AvgIpc) is 2.61. The Morgan fingerprint density at radius 2 is 1.80 bits per heavy atom. The van der Waals surface area contributed by atoms with E-state index >= 15 is 0 Å². The van der Waals surface area contributed by atoms with Gasteiger partial charge in [0, 0.05) is 11.9 Å². The van der Waals surface area contributed by atoms with Gasteiger partial charge in [0.05, 0.1) is 22.8 Å². The Labute approximate surface area is 153 Å². The summed E-state index contributed by atoms with van der Waals surface area (Å²) in [5, 5.41) is 0.